The Bertz CT molecular complexity index is 1170. The SMILES string of the molecule is O=C(COc1ccc([N+](=O)[O-])cc1Cl)N1CCN(S(=O)(=O)c2cccc([N+](=O)[O-])c2)CC1. The number of amides is 1. The molecule has 12 nitrogen and oxygen atoms in total. The van der Waals surface area contributed by atoms with E-state index in [0.717, 1.165) is 16.4 Å². The Hall–Kier alpha value is -3.29. The summed E-state index contributed by atoms with van der Waals surface area (Å²) in [4.78, 5) is 34.0. The van der Waals surface area contributed by atoms with Crippen molar-refractivity contribution >= 4 is 38.9 Å². The Labute approximate surface area is 187 Å². The van der Waals surface area contributed by atoms with Crippen molar-refractivity contribution in [2.45, 2.75) is 4.90 Å². The molecule has 14 heteroatoms. The van der Waals surface area contributed by atoms with Crippen molar-refractivity contribution in [2.75, 3.05) is 32.8 Å². The van der Waals surface area contributed by atoms with Crippen LogP contribution in [0.4, 0.5) is 11.4 Å². The van der Waals surface area contributed by atoms with Crippen molar-refractivity contribution in [1.29, 1.82) is 0 Å². The van der Waals surface area contributed by atoms with Gasteiger partial charge in [0.15, 0.2) is 6.61 Å². The van der Waals surface area contributed by atoms with Crippen molar-refractivity contribution in [3.63, 3.8) is 0 Å². The number of non-ortho nitro benzene ring substituents is 2. The zero-order valence-electron chi connectivity index (χ0n) is 16.4. The Morgan fingerprint density at radius 1 is 1.00 bits per heavy atom. The van der Waals surface area contributed by atoms with Crippen LogP contribution in [0.1, 0.15) is 0 Å². The molecule has 0 spiro atoms. The molecule has 0 atom stereocenters. The zero-order valence-corrected chi connectivity index (χ0v) is 18.0. The Morgan fingerprint density at radius 2 is 1.62 bits per heavy atom. The fourth-order valence-corrected chi connectivity index (χ4v) is 4.73. The fraction of sp³-hybridized carbons (Fsp3) is 0.278. The highest BCUT2D eigenvalue weighted by molar-refractivity contribution is 7.89. The number of hydrogen-bond acceptors (Lipinski definition) is 8. The molecule has 32 heavy (non-hydrogen) atoms. The predicted molar refractivity (Wildman–Crippen MR) is 112 cm³/mol. The summed E-state index contributed by atoms with van der Waals surface area (Å²) in [5.74, 6) is -0.302. The zero-order chi connectivity index (χ0) is 23.5. The van der Waals surface area contributed by atoms with Gasteiger partial charge in [0, 0.05) is 50.4 Å². The highest BCUT2D eigenvalue weighted by Gasteiger charge is 2.31. The second kappa shape index (κ2) is 9.46. The summed E-state index contributed by atoms with van der Waals surface area (Å²) in [5.41, 5.74) is -0.545. The summed E-state index contributed by atoms with van der Waals surface area (Å²) < 4.78 is 32.1. The molecule has 0 N–H and O–H groups in total. The van der Waals surface area contributed by atoms with Gasteiger partial charge in [-0.25, -0.2) is 8.42 Å². The Morgan fingerprint density at radius 3 is 2.22 bits per heavy atom. The van der Waals surface area contributed by atoms with Crippen molar-refractivity contribution in [3.05, 3.63) is 67.7 Å². The number of hydrogen-bond donors (Lipinski definition) is 0. The number of piperazine rings is 1. The van der Waals surface area contributed by atoms with Crippen LogP contribution in [-0.2, 0) is 14.8 Å². The third-order valence-corrected chi connectivity index (χ3v) is 6.92. The normalized spacial score (nSPS) is 14.7. The summed E-state index contributed by atoms with van der Waals surface area (Å²) >= 11 is 5.93. The molecule has 3 rings (SSSR count). The van der Waals surface area contributed by atoms with Crippen molar-refractivity contribution in [1.82, 2.24) is 9.21 Å². The number of ether oxygens (including phenoxy) is 1. The lowest BCUT2D eigenvalue weighted by molar-refractivity contribution is -0.385. The van der Waals surface area contributed by atoms with E-state index in [9.17, 15) is 33.4 Å². The number of rotatable bonds is 7. The van der Waals surface area contributed by atoms with Gasteiger partial charge in [0.25, 0.3) is 17.3 Å². The summed E-state index contributed by atoms with van der Waals surface area (Å²) in [5, 5.41) is 21.6. The number of nitro groups is 2. The minimum absolute atomic E-state index is 0.00898. The van der Waals surface area contributed by atoms with E-state index >= 15 is 0 Å². The molecule has 1 aliphatic heterocycles. The lowest BCUT2D eigenvalue weighted by Crippen LogP contribution is -2.51. The molecule has 0 saturated carbocycles. The average Bonchev–Trinajstić information content (AvgIpc) is 2.78. The van der Waals surface area contributed by atoms with Crippen LogP contribution in [0.15, 0.2) is 47.4 Å². The summed E-state index contributed by atoms with van der Waals surface area (Å²) in [6, 6.07) is 8.37. The van der Waals surface area contributed by atoms with E-state index in [1.54, 1.807) is 0 Å². The van der Waals surface area contributed by atoms with Crippen LogP contribution in [0.5, 0.6) is 5.75 Å². The van der Waals surface area contributed by atoms with Gasteiger partial charge >= 0.3 is 0 Å². The van der Waals surface area contributed by atoms with Crippen molar-refractivity contribution < 1.29 is 27.8 Å². The summed E-state index contributed by atoms with van der Waals surface area (Å²) in [6.07, 6.45) is 0. The van der Waals surface area contributed by atoms with Crippen LogP contribution in [0.3, 0.4) is 0 Å². The topological polar surface area (TPSA) is 153 Å². The first-order valence-electron chi connectivity index (χ1n) is 9.18. The van der Waals surface area contributed by atoms with Crippen molar-refractivity contribution in [3.8, 4) is 5.75 Å². The van der Waals surface area contributed by atoms with Gasteiger partial charge in [0.2, 0.25) is 10.0 Å². The lowest BCUT2D eigenvalue weighted by atomic mass is 10.3. The Balaban J connectivity index is 1.58. The van der Waals surface area contributed by atoms with Crippen LogP contribution in [0, 0.1) is 20.2 Å². The maximum Gasteiger partial charge on any atom is 0.271 e. The molecule has 2 aromatic rings. The molecule has 1 fully saturated rings. The van der Waals surface area contributed by atoms with Gasteiger partial charge in [-0.1, -0.05) is 17.7 Å². The molecule has 170 valence electrons. The molecule has 0 aromatic heterocycles. The first-order valence-corrected chi connectivity index (χ1v) is 11.0. The molecule has 1 aliphatic rings. The highest BCUT2D eigenvalue weighted by atomic mass is 35.5. The van der Waals surface area contributed by atoms with Gasteiger partial charge in [-0.2, -0.15) is 4.31 Å². The number of nitro benzene ring substituents is 2. The summed E-state index contributed by atoms with van der Waals surface area (Å²) in [6.45, 7) is -0.159. The van der Waals surface area contributed by atoms with Crippen molar-refractivity contribution in [2.24, 2.45) is 0 Å². The van der Waals surface area contributed by atoms with E-state index in [1.807, 2.05) is 0 Å². The first kappa shape index (κ1) is 23.4. The molecule has 1 amide bonds. The monoisotopic (exact) mass is 484 g/mol. The number of carbonyl (C=O) groups is 1. The van der Waals surface area contributed by atoms with E-state index < -0.39 is 25.8 Å². The smallest absolute Gasteiger partial charge is 0.271 e. The standard InChI is InChI=1S/C18H17ClN4O8S/c19-16-11-14(23(27)28)4-5-17(16)31-12-18(24)20-6-8-21(9-7-20)32(29,30)15-3-1-2-13(10-15)22(25)26/h1-5,10-11H,6-9,12H2. The van der Waals surface area contributed by atoms with E-state index in [4.69, 9.17) is 16.3 Å². The third-order valence-electron chi connectivity index (χ3n) is 4.73. The molecule has 0 unspecified atom stereocenters. The van der Waals surface area contributed by atoms with E-state index in [1.165, 1.54) is 35.2 Å². The predicted octanol–water partition coefficient (Wildman–Crippen LogP) is 2.07. The Kier molecular flexibility index (Phi) is 6.91. The van der Waals surface area contributed by atoms with Crippen LogP contribution >= 0.6 is 11.6 Å². The molecule has 1 saturated heterocycles. The quantitative estimate of drug-likeness (QED) is 0.427. The molecular weight excluding hydrogens is 468 g/mol. The van der Waals surface area contributed by atoms with Crippen LogP contribution < -0.4 is 4.74 Å². The van der Waals surface area contributed by atoms with Gasteiger partial charge in [-0.05, 0) is 12.1 Å². The van der Waals surface area contributed by atoms with Gasteiger partial charge in [0.1, 0.15) is 5.75 Å². The first-order chi connectivity index (χ1) is 15.1. The van der Waals surface area contributed by atoms with Crippen LogP contribution in [0.25, 0.3) is 0 Å². The largest absolute Gasteiger partial charge is 0.482 e. The minimum atomic E-state index is -3.95. The maximum absolute atomic E-state index is 12.8. The number of benzene rings is 2. The van der Waals surface area contributed by atoms with Crippen LogP contribution in [-0.4, -0.2) is 66.2 Å². The highest BCUT2D eigenvalue weighted by Crippen LogP contribution is 2.28. The fourth-order valence-electron chi connectivity index (χ4n) is 3.04. The number of nitrogens with zero attached hydrogens (tertiary/aromatic N) is 4. The van der Waals surface area contributed by atoms with Crippen LogP contribution in [0.2, 0.25) is 5.02 Å². The molecule has 0 bridgehead atoms. The summed E-state index contributed by atoms with van der Waals surface area (Å²) in [7, 11) is -3.95. The molecular formula is C18H17ClN4O8S. The second-order valence-corrected chi connectivity index (χ2v) is 9.04. The third kappa shape index (κ3) is 5.12. The molecule has 0 radical (unpaired) electrons. The lowest BCUT2D eigenvalue weighted by Gasteiger charge is -2.33. The van der Waals surface area contributed by atoms with E-state index in [2.05, 4.69) is 0 Å². The van der Waals surface area contributed by atoms with Gasteiger partial charge in [-0.3, -0.25) is 25.0 Å². The minimum Gasteiger partial charge on any atom is -0.482 e. The molecule has 1 heterocycles. The molecule has 2 aromatic carbocycles. The number of halogens is 1. The van der Waals surface area contributed by atoms with Gasteiger partial charge in [0.05, 0.1) is 19.8 Å². The molecule has 0 aliphatic carbocycles. The van der Waals surface area contributed by atoms with E-state index in [0.29, 0.717) is 0 Å². The number of carbonyl (C=O) groups excluding carboxylic acids is 1. The average molecular weight is 485 g/mol. The van der Waals surface area contributed by atoms with Gasteiger partial charge < -0.3 is 9.64 Å². The number of sulfonamides is 1. The second-order valence-electron chi connectivity index (χ2n) is 6.70. The maximum atomic E-state index is 12.8. The van der Waals surface area contributed by atoms with E-state index in [-0.39, 0.29) is 59.8 Å². The van der Waals surface area contributed by atoms with Gasteiger partial charge in [-0.15, -0.1) is 0 Å².